The van der Waals surface area contributed by atoms with Crippen molar-refractivity contribution in [3.8, 4) is 11.4 Å². The quantitative estimate of drug-likeness (QED) is 0.674. The zero-order valence-electron chi connectivity index (χ0n) is 12.5. The molecule has 2 heterocycles. The lowest BCUT2D eigenvalue weighted by molar-refractivity contribution is -0.113. The monoisotopic (exact) mass is 359 g/mol. The van der Waals surface area contributed by atoms with Crippen LogP contribution in [0.5, 0.6) is 0 Å². The van der Waals surface area contributed by atoms with Crippen LogP contribution in [0.2, 0.25) is 0 Å². The molecular weight excluding hydrogens is 346 g/mol. The van der Waals surface area contributed by atoms with E-state index in [9.17, 15) is 4.79 Å². The highest BCUT2D eigenvalue weighted by Crippen LogP contribution is 2.36. The lowest BCUT2D eigenvalue weighted by Gasteiger charge is -2.07. The highest BCUT2D eigenvalue weighted by molar-refractivity contribution is 8.01. The number of thioether (sulfide) groups is 1. The van der Waals surface area contributed by atoms with Crippen molar-refractivity contribution in [2.75, 3.05) is 11.1 Å². The smallest absolute Gasteiger partial charge is 0.234 e. The van der Waals surface area contributed by atoms with Gasteiger partial charge in [0, 0.05) is 11.3 Å². The lowest BCUT2D eigenvalue weighted by atomic mass is 10.2. The van der Waals surface area contributed by atoms with E-state index >= 15 is 0 Å². The fourth-order valence-electron chi connectivity index (χ4n) is 2.23. The van der Waals surface area contributed by atoms with Gasteiger partial charge in [-0.25, -0.2) is 4.68 Å². The second-order valence-electron chi connectivity index (χ2n) is 5.30. The van der Waals surface area contributed by atoms with Crippen LogP contribution in [-0.4, -0.2) is 42.1 Å². The molecule has 0 radical (unpaired) electrons. The highest BCUT2D eigenvalue weighted by Gasteiger charge is 2.28. The van der Waals surface area contributed by atoms with Crippen molar-refractivity contribution in [3.63, 3.8) is 0 Å². The Morgan fingerprint density at radius 3 is 3.08 bits per heavy atom. The number of nitrogens with one attached hydrogen (secondary N) is 1. The van der Waals surface area contributed by atoms with Gasteiger partial charge in [-0.2, -0.15) is 0 Å². The number of amides is 1. The van der Waals surface area contributed by atoms with Crippen molar-refractivity contribution in [2.24, 2.45) is 0 Å². The van der Waals surface area contributed by atoms with Crippen LogP contribution >= 0.6 is 23.1 Å². The fraction of sp³-hybridized carbons (Fsp3) is 0.286. The third-order valence-corrected chi connectivity index (χ3v) is 5.32. The zero-order valence-corrected chi connectivity index (χ0v) is 14.1. The van der Waals surface area contributed by atoms with Crippen LogP contribution < -0.4 is 5.32 Å². The van der Waals surface area contributed by atoms with Gasteiger partial charge in [-0.3, -0.25) is 4.79 Å². The second kappa shape index (κ2) is 6.65. The minimum absolute atomic E-state index is 0.0888. The number of benzene rings is 1. The Morgan fingerprint density at radius 1 is 1.38 bits per heavy atom. The Balaban J connectivity index is 1.44. The third kappa shape index (κ3) is 3.44. The summed E-state index contributed by atoms with van der Waals surface area (Å²) < 4.78 is 2.63. The van der Waals surface area contributed by atoms with E-state index in [1.165, 1.54) is 23.1 Å². The first kappa shape index (κ1) is 15.2. The van der Waals surface area contributed by atoms with E-state index in [-0.39, 0.29) is 5.91 Å². The molecule has 1 aliphatic rings. The number of nitrogens with zero attached hydrogens (tertiary/aromatic N) is 6. The van der Waals surface area contributed by atoms with Gasteiger partial charge in [-0.1, -0.05) is 35.2 Å². The predicted octanol–water partition coefficient (Wildman–Crippen LogP) is 2.26. The second-order valence-corrected chi connectivity index (χ2v) is 7.36. The molecule has 4 rings (SSSR count). The van der Waals surface area contributed by atoms with Crippen LogP contribution in [-0.2, 0) is 4.79 Å². The number of carbonyl (C=O) groups excluding carboxylic acids is 1. The van der Waals surface area contributed by atoms with Gasteiger partial charge in [0.15, 0.2) is 10.2 Å². The molecule has 0 unspecified atom stereocenters. The van der Waals surface area contributed by atoms with Crippen LogP contribution in [0.4, 0.5) is 5.69 Å². The molecule has 0 bridgehead atoms. The molecule has 8 nitrogen and oxygen atoms in total. The van der Waals surface area contributed by atoms with Crippen molar-refractivity contribution in [2.45, 2.75) is 23.2 Å². The molecule has 3 aromatic rings. The maximum absolute atomic E-state index is 12.1. The molecule has 1 aliphatic carbocycles. The van der Waals surface area contributed by atoms with Gasteiger partial charge in [-0.05, 0) is 35.4 Å². The van der Waals surface area contributed by atoms with Crippen LogP contribution in [0.3, 0.4) is 0 Å². The zero-order chi connectivity index (χ0) is 16.4. The molecule has 2 aromatic heterocycles. The van der Waals surface area contributed by atoms with Gasteiger partial charge < -0.3 is 5.32 Å². The maximum Gasteiger partial charge on any atom is 0.234 e. The summed E-state index contributed by atoms with van der Waals surface area (Å²) >= 11 is 2.79. The third-order valence-electron chi connectivity index (χ3n) is 3.46. The molecule has 1 saturated carbocycles. The van der Waals surface area contributed by atoms with E-state index in [4.69, 9.17) is 0 Å². The van der Waals surface area contributed by atoms with Crippen molar-refractivity contribution in [1.29, 1.82) is 0 Å². The molecule has 1 N–H and O–H groups in total. The molecule has 122 valence electrons. The summed E-state index contributed by atoms with van der Waals surface area (Å²) in [4.78, 5) is 12.1. The van der Waals surface area contributed by atoms with E-state index in [0.717, 1.165) is 34.3 Å². The molecule has 0 atom stereocenters. The summed E-state index contributed by atoms with van der Waals surface area (Å²) in [6.45, 7) is 0. The Labute approximate surface area is 145 Å². The van der Waals surface area contributed by atoms with Crippen molar-refractivity contribution in [1.82, 2.24) is 30.4 Å². The number of aromatic nitrogens is 6. The molecule has 0 aliphatic heterocycles. The number of hydrogen-bond acceptors (Lipinski definition) is 8. The first-order valence-corrected chi connectivity index (χ1v) is 9.23. The van der Waals surface area contributed by atoms with E-state index in [2.05, 4.69) is 31.0 Å². The highest BCUT2D eigenvalue weighted by atomic mass is 32.2. The summed E-state index contributed by atoms with van der Waals surface area (Å²) in [6, 6.07) is 7.96. The van der Waals surface area contributed by atoms with Gasteiger partial charge in [0.25, 0.3) is 0 Å². The summed E-state index contributed by atoms with van der Waals surface area (Å²) in [5, 5.41) is 22.5. The van der Waals surface area contributed by atoms with E-state index < -0.39 is 0 Å². The van der Waals surface area contributed by atoms with Gasteiger partial charge >= 0.3 is 0 Å². The first-order valence-electron chi connectivity index (χ1n) is 7.37. The largest absolute Gasteiger partial charge is 0.325 e. The molecule has 1 fully saturated rings. The van der Waals surface area contributed by atoms with E-state index in [1.807, 2.05) is 28.9 Å². The molecule has 10 heteroatoms. The summed E-state index contributed by atoms with van der Waals surface area (Å²) in [5.41, 5.74) is 3.26. The summed E-state index contributed by atoms with van der Waals surface area (Å²) in [6.07, 6.45) is 2.22. The number of hydrogen-bond donors (Lipinski definition) is 1. The number of anilines is 1. The molecule has 1 aromatic carbocycles. The van der Waals surface area contributed by atoms with E-state index in [1.54, 1.807) is 5.51 Å². The number of rotatable bonds is 6. The summed E-state index contributed by atoms with van der Waals surface area (Å²) in [7, 11) is 0. The number of carbonyl (C=O) groups is 1. The normalized spacial score (nSPS) is 13.8. The maximum atomic E-state index is 12.1. The molecular formula is C14H13N7OS2. The molecule has 24 heavy (non-hydrogen) atoms. The van der Waals surface area contributed by atoms with Gasteiger partial charge in [0.2, 0.25) is 5.91 Å². The number of tetrazole rings is 1. The summed E-state index contributed by atoms with van der Waals surface area (Å²) in [5.74, 6) is 0.935. The average molecular weight is 359 g/mol. The Kier molecular flexibility index (Phi) is 4.22. The molecule has 0 saturated heterocycles. The van der Waals surface area contributed by atoms with Crippen molar-refractivity contribution in [3.05, 3.63) is 29.8 Å². The predicted molar refractivity (Wildman–Crippen MR) is 90.8 cm³/mol. The standard InChI is InChI=1S/C14H13N7OS2/c22-12(7-23-14-18-15-8-24-14)16-10-3-1-2-9(6-10)13-17-19-20-21(13)11-4-5-11/h1-3,6,8,11H,4-5,7H2,(H,16,22). The van der Waals surface area contributed by atoms with E-state index in [0.29, 0.717) is 11.8 Å². The van der Waals surface area contributed by atoms with Gasteiger partial charge in [0.05, 0.1) is 11.8 Å². The molecule has 1 amide bonds. The Hall–Kier alpha value is -2.33. The Morgan fingerprint density at radius 2 is 2.29 bits per heavy atom. The van der Waals surface area contributed by atoms with Crippen LogP contribution in [0.1, 0.15) is 18.9 Å². The van der Waals surface area contributed by atoms with Gasteiger partial charge in [0.1, 0.15) is 5.51 Å². The average Bonchev–Trinajstić information content (AvgIpc) is 3.11. The SMILES string of the molecule is O=C(CSc1nncs1)Nc1cccc(-c2nnnn2C2CC2)c1. The minimum atomic E-state index is -0.0888. The lowest BCUT2D eigenvalue weighted by Crippen LogP contribution is -2.14. The topological polar surface area (TPSA) is 98.5 Å². The van der Waals surface area contributed by atoms with Crippen molar-refractivity contribution < 1.29 is 4.79 Å². The molecule has 0 spiro atoms. The van der Waals surface area contributed by atoms with Gasteiger partial charge in [-0.15, -0.1) is 15.3 Å². The Bertz CT molecular complexity index is 844. The van der Waals surface area contributed by atoms with Crippen LogP contribution in [0.15, 0.2) is 34.1 Å². The fourth-order valence-corrected chi connectivity index (χ4v) is 3.52. The first-order chi connectivity index (χ1) is 11.8. The van der Waals surface area contributed by atoms with Crippen LogP contribution in [0, 0.1) is 0 Å². The van der Waals surface area contributed by atoms with Crippen LogP contribution in [0.25, 0.3) is 11.4 Å². The minimum Gasteiger partial charge on any atom is -0.325 e. The van der Waals surface area contributed by atoms with Crippen molar-refractivity contribution >= 4 is 34.7 Å².